The van der Waals surface area contributed by atoms with Gasteiger partial charge in [-0.15, -0.1) is 0 Å². The van der Waals surface area contributed by atoms with Crippen LogP contribution in [0.15, 0.2) is 78.1 Å². The minimum atomic E-state index is -3.57. The standard InChI is InChI=1S/C19H19N3O2S/c23-25(24,19-8-4-7-17-15-21-12-10-18(17)19)22-14-13-20-11-9-16-5-2-1-3-6-16/h1-12,15,20,22H,13-14H2/b11-9+. The zero-order valence-electron chi connectivity index (χ0n) is 13.6. The smallest absolute Gasteiger partial charge is 0.241 e. The van der Waals surface area contributed by atoms with Gasteiger partial charge < -0.3 is 5.32 Å². The van der Waals surface area contributed by atoms with E-state index in [9.17, 15) is 8.42 Å². The minimum Gasteiger partial charge on any atom is -0.390 e. The van der Waals surface area contributed by atoms with E-state index >= 15 is 0 Å². The van der Waals surface area contributed by atoms with Gasteiger partial charge in [0.1, 0.15) is 0 Å². The lowest BCUT2D eigenvalue weighted by Gasteiger charge is -2.09. The average molecular weight is 353 g/mol. The van der Waals surface area contributed by atoms with Gasteiger partial charge in [0.25, 0.3) is 0 Å². The third-order valence-electron chi connectivity index (χ3n) is 3.68. The van der Waals surface area contributed by atoms with Gasteiger partial charge in [-0.25, -0.2) is 13.1 Å². The monoisotopic (exact) mass is 353 g/mol. The summed E-state index contributed by atoms with van der Waals surface area (Å²) < 4.78 is 27.7. The Morgan fingerprint density at radius 3 is 2.64 bits per heavy atom. The summed E-state index contributed by atoms with van der Waals surface area (Å²) in [5.41, 5.74) is 1.08. The van der Waals surface area contributed by atoms with Crippen molar-refractivity contribution >= 4 is 26.9 Å². The van der Waals surface area contributed by atoms with Crippen molar-refractivity contribution in [3.63, 3.8) is 0 Å². The molecular formula is C19H19N3O2S. The van der Waals surface area contributed by atoms with E-state index in [2.05, 4.69) is 15.0 Å². The number of benzene rings is 2. The zero-order chi connectivity index (χ0) is 17.5. The summed E-state index contributed by atoms with van der Waals surface area (Å²) in [6, 6.07) is 16.8. The maximum Gasteiger partial charge on any atom is 0.241 e. The Hall–Kier alpha value is -2.70. The molecule has 25 heavy (non-hydrogen) atoms. The number of sulfonamides is 1. The molecule has 5 nitrogen and oxygen atoms in total. The molecule has 2 N–H and O–H groups in total. The first-order valence-electron chi connectivity index (χ1n) is 7.94. The summed E-state index contributed by atoms with van der Waals surface area (Å²) >= 11 is 0. The molecule has 0 saturated carbocycles. The molecule has 0 atom stereocenters. The molecule has 6 heteroatoms. The molecule has 0 amide bonds. The molecule has 2 aromatic carbocycles. The first-order valence-corrected chi connectivity index (χ1v) is 9.42. The summed E-state index contributed by atoms with van der Waals surface area (Å²) in [7, 11) is -3.57. The van der Waals surface area contributed by atoms with E-state index in [1.165, 1.54) is 0 Å². The molecule has 0 unspecified atom stereocenters. The molecule has 3 rings (SSSR count). The number of aromatic nitrogens is 1. The van der Waals surface area contributed by atoms with E-state index in [1.54, 1.807) is 30.6 Å². The average Bonchev–Trinajstić information content (AvgIpc) is 2.65. The first-order chi connectivity index (χ1) is 12.2. The predicted octanol–water partition coefficient (Wildman–Crippen LogP) is 2.77. The highest BCUT2D eigenvalue weighted by atomic mass is 32.2. The van der Waals surface area contributed by atoms with E-state index in [1.807, 2.05) is 48.7 Å². The van der Waals surface area contributed by atoms with Crippen LogP contribution in [0.3, 0.4) is 0 Å². The van der Waals surface area contributed by atoms with Crippen LogP contribution in [-0.4, -0.2) is 26.5 Å². The van der Waals surface area contributed by atoms with Crippen molar-refractivity contribution in [2.75, 3.05) is 13.1 Å². The van der Waals surface area contributed by atoms with Crippen LogP contribution in [0.1, 0.15) is 5.56 Å². The molecule has 0 aliphatic carbocycles. The zero-order valence-corrected chi connectivity index (χ0v) is 14.4. The van der Waals surface area contributed by atoms with Crippen LogP contribution in [0.5, 0.6) is 0 Å². The van der Waals surface area contributed by atoms with Crippen LogP contribution < -0.4 is 10.0 Å². The van der Waals surface area contributed by atoms with Crippen molar-refractivity contribution in [1.29, 1.82) is 0 Å². The second-order valence-corrected chi connectivity index (χ2v) is 7.18. The van der Waals surface area contributed by atoms with Crippen LogP contribution in [0.2, 0.25) is 0 Å². The van der Waals surface area contributed by atoms with Gasteiger partial charge in [-0.3, -0.25) is 4.98 Å². The molecule has 3 aromatic rings. The number of hydrogen-bond donors (Lipinski definition) is 2. The first kappa shape index (κ1) is 17.1. The number of hydrogen-bond acceptors (Lipinski definition) is 4. The lowest BCUT2D eigenvalue weighted by atomic mass is 10.2. The van der Waals surface area contributed by atoms with Crippen LogP contribution in [0, 0.1) is 0 Å². The molecule has 0 aliphatic rings. The van der Waals surface area contributed by atoms with Gasteiger partial charge in [0.2, 0.25) is 10.0 Å². The van der Waals surface area contributed by atoms with Gasteiger partial charge in [-0.1, -0.05) is 42.5 Å². The van der Waals surface area contributed by atoms with Crippen molar-refractivity contribution in [3.8, 4) is 0 Å². The quantitative estimate of drug-likeness (QED) is 0.641. The van der Waals surface area contributed by atoms with Crippen molar-refractivity contribution in [3.05, 3.63) is 78.8 Å². The normalized spacial score (nSPS) is 11.8. The predicted molar refractivity (Wildman–Crippen MR) is 100 cm³/mol. The number of nitrogens with zero attached hydrogens (tertiary/aromatic N) is 1. The summed E-state index contributed by atoms with van der Waals surface area (Å²) in [6.07, 6.45) is 7.00. The maximum absolute atomic E-state index is 12.5. The number of nitrogens with one attached hydrogen (secondary N) is 2. The number of pyridine rings is 1. The number of fused-ring (bicyclic) bond motifs is 1. The summed E-state index contributed by atoms with van der Waals surface area (Å²) in [6.45, 7) is 0.790. The third-order valence-corrected chi connectivity index (χ3v) is 5.20. The lowest BCUT2D eigenvalue weighted by molar-refractivity contribution is 0.581. The van der Waals surface area contributed by atoms with E-state index < -0.39 is 10.0 Å². The second-order valence-electron chi connectivity index (χ2n) is 5.45. The SMILES string of the molecule is O=S(=O)(NCCN/C=C/c1ccccc1)c1cccc2cnccc12. The summed E-state index contributed by atoms with van der Waals surface area (Å²) in [4.78, 5) is 4.29. The Kier molecular flexibility index (Phi) is 5.42. The van der Waals surface area contributed by atoms with Crippen LogP contribution in [0.25, 0.3) is 16.8 Å². The molecule has 1 heterocycles. The van der Waals surface area contributed by atoms with Crippen LogP contribution >= 0.6 is 0 Å². The fourth-order valence-corrected chi connectivity index (χ4v) is 3.72. The molecule has 0 spiro atoms. The molecular weight excluding hydrogens is 334 g/mol. The van der Waals surface area contributed by atoms with Gasteiger partial charge in [0.15, 0.2) is 0 Å². The number of rotatable bonds is 7. The third kappa shape index (κ3) is 4.43. The fourth-order valence-electron chi connectivity index (χ4n) is 2.47. The minimum absolute atomic E-state index is 0.271. The molecule has 0 fully saturated rings. The van der Waals surface area contributed by atoms with Crippen molar-refractivity contribution in [2.45, 2.75) is 4.90 Å². The molecule has 0 saturated heterocycles. The van der Waals surface area contributed by atoms with Crippen molar-refractivity contribution < 1.29 is 8.42 Å². The van der Waals surface area contributed by atoms with E-state index in [0.29, 0.717) is 18.5 Å². The highest BCUT2D eigenvalue weighted by Crippen LogP contribution is 2.21. The Morgan fingerprint density at radius 2 is 1.80 bits per heavy atom. The lowest BCUT2D eigenvalue weighted by Crippen LogP contribution is -2.30. The molecule has 0 radical (unpaired) electrons. The van der Waals surface area contributed by atoms with Gasteiger partial charge in [-0.2, -0.15) is 0 Å². The Bertz CT molecular complexity index is 965. The topological polar surface area (TPSA) is 71.1 Å². The van der Waals surface area contributed by atoms with E-state index in [0.717, 1.165) is 10.9 Å². The fraction of sp³-hybridized carbons (Fsp3) is 0.105. The van der Waals surface area contributed by atoms with Crippen molar-refractivity contribution in [1.82, 2.24) is 15.0 Å². The van der Waals surface area contributed by atoms with Crippen molar-refractivity contribution in [2.24, 2.45) is 0 Å². The Balaban J connectivity index is 1.58. The highest BCUT2D eigenvalue weighted by molar-refractivity contribution is 7.89. The van der Waals surface area contributed by atoms with Gasteiger partial charge in [0.05, 0.1) is 4.90 Å². The van der Waals surface area contributed by atoms with Gasteiger partial charge >= 0.3 is 0 Å². The van der Waals surface area contributed by atoms with Gasteiger partial charge in [-0.05, 0) is 30.0 Å². The molecule has 0 aliphatic heterocycles. The molecule has 1 aromatic heterocycles. The Labute approximate surface area is 147 Å². The van der Waals surface area contributed by atoms with Crippen LogP contribution in [0.4, 0.5) is 0 Å². The van der Waals surface area contributed by atoms with E-state index in [4.69, 9.17) is 0 Å². The van der Waals surface area contributed by atoms with Gasteiger partial charge in [0, 0.05) is 36.3 Å². The highest BCUT2D eigenvalue weighted by Gasteiger charge is 2.16. The summed E-state index contributed by atoms with van der Waals surface area (Å²) in [5, 5.41) is 4.55. The second kappa shape index (κ2) is 7.92. The van der Waals surface area contributed by atoms with Crippen LogP contribution in [-0.2, 0) is 10.0 Å². The largest absolute Gasteiger partial charge is 0.390 e. The molecule has 128 valence electrons. The van der Waals surface area contributed by atoms with E-state index in [-0.39, 0.29) is 4.90 Å². The maximum atomic E-state index is 12.5. The Morgan fingerprint density at radius 1 is 0.960 bits per heavy atom. The molecule has 0 bridgehead atoms. The summed E-state index contributed by atoms with van der Waals surface area (Å²) in [5.74, 6) is 0.